The van der Waals surface area contributed by atoms with E-state index in [1.165, 1.54) is 5.56 Å². The molecule has 1 amide bonds. The van der Waals surface area contributed by atoms with E-state index in [0.29, 0.717) is 41.1 Å². The summed E-state index contributed by atoms with van der Waals surface area (Å²) in [6.45, 7) is 6.32. The highest BCUT2D eigenvalue weighted by atomic mass is 35.5. The molecule has 4 rings (SSSR count). The number of piperazine rings is 1. The number of aromatic nitrogens is 2. The number of amides is 1. The minimum Gasteiger partial charge on any atom is -0.487 e. The van der Waals surface area contributed by atoms with E-state index in [2.05, 4.69) is 16.2 Å². The van der Waals surface area contributed by atoms with Gasteiger partial charge in [-0.25, -0.2) is 0 Å². The van der Waals surface area contributed by atoms with Gasteiger partial charge in [-0.3, -0.25) is 14.4 Å². The second kappa shape index (κ2) is 9.94. The minimum atomic E-state index is 0.0496. The summed E-state index contributed by atoms with van der Waals surface area (Å²) in [6.07, 6.45) is 2.07. The lowest BCUT2D eigenvalue weighted by atomic mass is 10.1. The maximum Gasteiger partial charge on any atom is 0.253 e. The SMILES string of the molecule is Cc1nn(C)cc1CN1CCN(C(=O)c2cccc(COc3ccc(Cl)cc3Cl)c2)CC1. The molecule has 32 heavy (non-hydrogen) atoms. The molecule has 0 N–H and O–H groups in total. The maximum absolute atomic E-state index is 13.1. The molecule has 3 aromatic rings. The number of carbonyl (C=O) groups excluding carboxylic acids is 1. The Kier molecular flexibility index (Phi) is 7.04. The Morgan fingerprint density at radius 2 is 1.88 bits per heavy atom. The van der Waals surface area contributed by atoms with Gasteiger partial charge < -0.3 is 9.64 Å². The first-order valence-electron chi connectivity index (χ1n) is 10.6. The van der Waals surface area contributed by atoms with Crippen molar-refractivity contribution in [3.8, 4) is 5.75 Å². The molecule has 1 saturated heterocycles. The summed E-state index contributed by atoms with van der Waals surface area (Å²) in [4.78, 5) is 17.3. The molecule has 0 unspecified atom stereocenters. The summed E-state index contributed by atoms with van der Waals surface area (Å²) < 4.78 is 7.66. The second-order valence-electron chi connectivity index (χ2n) is 8.05. The van der Waals surface area contributed by atoms with E-state index < -0.39 is 0 Å². The van der Waals surface area contributed by atoms with Crippen LogP contribution in [0.15, 0.2) is 48.7 Å². The number of carbonyl (C=O) groups is 1. The number of rotatable bonds is 6. The van der Waals surface area contributed by atoms with Gasteiger partial charge in [-0.2, -0.15) is 5.10 Å². The van der Waals surface area contributed by atoms with Crippen molar-refractivity contribution < 1.29 is 9.53 Å². The summed E-state index contributed by atoms with van der Waals surface area (Å²) in [5.74, 6) is 0.612. The molecule has 2 heterocycles. The summed E-state index contributed by atoms with van der Waals surface area (Å²) in [5, 5.41) is 5.44. The summed E-state index contributed by atoms with van der Waals surface area (Å²) in [5.41, 5.74) is 3.88. The van der Waals surface area contributed by atoms with Crippen molar-refractivity contribution in [2.75, 3.05) is 26.2 Å². The molecule has 1 aliphatic heterocycles. The largest absolute Gasteiger partial charge is 0.487 e. The fourth-order valence-corrected chi connectivity index (χ4v) is 4.35. The lowest BCUT2D eigenvalue weighted by Gasteiger charge is -2.34. The van der Waals surface area contributed by atoms with Gasteiger partial charge in [-0.05, 0) is 42.8 Å². The van der Waals surface area contributed by atoms with E-state index in [0.717, 1.165) is 30.9 Å². The van der Waals surface area contributed by atoms with E-state index >= 15 is 0 Å². The summed E-state index contributed by atoms with van der Waals surface area (Å²) >= 11 is 12.1. The third kappa shape index (κ3) is 5.44. The Morgan fingerprint density at radius 1 is 1.09 bits per heavy atom. The standard InChI is InChI=1S/C24H26Cl2N4O2/c1-17-20(14-28(2)27-17)15-29-8-10-30(11-9-29)24(31)19-5-3-4-18(12-19)16-32-23-7-6-21(25)13-22(23)26/h3-7,12-14H,8-11,15-16H2,1-2H3. The van der Waals surface area contributed by atoms with Crippen LogP contribution in [-0.4, -0.2) is 51.7 Å². The average Bonchev–Trinajstić information content (AvgIpc) is 3.10. The van der Waals surface area contributed by atoms with Crippen LogP contribution in [0, 0.1) is 6.92 Å². The van der Waals surface area contributed by atoms with Gasteiger partial charge in [-0.15, -0.1) is 0 Å². The zero-order chi connectivity index (χ0) is 22.7. The smallest absolute Gasteiger partial charge is 0.253 e. The van der Waals surface area contributed by atoms with Crippen LogP contribution >= 0.6 is 23.2 Å². The Hall–Kier alpha value is -2.54. The molecular weight excluding hydrogens is 447 g/mol. The van der Waals surface area contributed by atoms with Crippen LogP contribution in [0.1, 0.15) is 27.2 Å². The fourth-order valence-electron chi connectivity index (χ4n) is 3.88. The van der Waals surface area contributed by atoms with Crippen molar-refractivity contribution in [3.05, 3.63) is 81.1 Å². The quantitative estimate of drug-likeness (QED) is 0.526. The molecule has 168 valence electrons. The predicted octanol–water partition coefficient (Wildman–Crippen LogP) is 4.57. The molecule has 1 aromatic heterocycles. The van der Waals surface area contributed by atoms with Gasteiger partial charge in [0.1, 0.15) is 12.4 Å². The topological polar surface area (TPSA) is 50.6 Å². The first-order valence-corrected chi connectivity index (χ1v) is 11.3. The Morgan fingerprint density at radius 3 is 2.56 bits per heavy atom. The summed E-state index contributed by atoms with van der Waals surface area (Å²) in [6, 6.07) is 12.7. The van der Waals surface area contributed by atoms with Crippen LogP contribution in [0.25, 0.3) is 0 Å². The molecule has 0 radical (unpaired) electrons. The molecule has 0 bridgehead atoms. The maximum atomic E-state index is 13.1. The number of nitrogens with zero attached hydrogens (tertiary/aromatic N) is 4. The number of ether oxygens (including phenoxy) is 1. The van der Waals surface area contributed by atoms with Crippen molar-refractivity contribution >= 4 is 29.1 Å². The average molecular weight is 473 g/mol. The van der Waals surface area contributed by atoms with Gasteiger partial charge in [-0.1, -0.05) is 35.3 Å². The fraction of sp³-hybridized carbons (Fsp3) is 0.333. The van der Waals surface area contributed by atoms with Crippen LogP contribution in [0.5, 0.6) is 5.75 Å². The Balaban J connectivity index is 1.33. The molecule has 8 heteroatoms. The van der Waals surface area contributed by atoms with Gasteiger partial charge in [0.25, 0.3) is 5.91 Å². The van der Waals surface area contributed by atoms with Crippen molar-refractivity contribution in [2.45, 2.75) is 20.1 Å². The third-order valence-corrected chi connectivity index (χ3v) is 6.16. The Labute approximate surface area is 198 Å². The lowest BCUT2D eigenvalue weighted by molar-refractivity contribution is 0.0628. The number of halogens is 2. The molecule has 0 saturated carbocycles. The number of hydrogen-bond acceptors (Lipinski definition) is 4. The van der Waals surface area contributed by atoms with Gasteiger partial charge in [0.15, 0.2) is 0 Å². The molecule has 1 aliphatic rings. The van der Waals surface area contributed by atoms with Crippen LogP contribution in [0.2, 0.25) is 10.0 Å². The highest BCUT2D eigenvalue weighted by Gasteiger charge is 2.23. The highest BCUT2D eigenvalue weighted by Crippen LogP contribution is 2.28. The molecule has 0 atom stereocenters. The van der Waals surface area contributed by atoms with Crippen LogP contribution < -0.4 is 4.74 Å². The van der Waals surface area contributed by atoms with E-state index in [1.807, 2.05) is 47.8 Å². The summed E-state index contributed by atoms with van der Waals surface area (Å²) in [7, 11) is 1.94. The van der Waals surface area contributed by atoms with E-state index in [4.69, 9.17) is 27.9 Å². The van der Waals surface area contributed by atoms with Crippen molar-refractivity contribution in [1.29, 1.82) is 0 Å². The lowest BCUT2D eigenvalue weighted by Crippen LogP contribution is -2.48. The minimum absolute atomic E-state index is 0.0496. The molecule has 2 aromatic carbocycles. The van der Waals surface area contributed by atoms with Crippen LogP contribution in [0.4, 0.5) is 0 Å². The van der Waals surface area contributed by atoms with Gasteiger partial charge in [0.05, 0.1) is 10.7 Å². The monoisotopic (exact) mass is 472 g/mol. The van der Waals surface area contributed by atoms with Crippen molar-refractivity contribution in [2.24, 2.45) is 7.05 Å². The van der Waals surface area contributed by atoms with Crippen molar-refractivity contribution in [1.82, 2.24) is 19.6 Å². The zero-order valence-corrected chi connectivity index (χ0v) is 19.7. The normalized spacial score (nSPS) is 14.6. The first kappa shape index (κ1) is 22.6. The number of hydrogen-bond donors (Lipinski definition) is 0. The van der Waals surface area contributed by atoms with Gasteiger partial charge in [0.2, 0.25) is 0 Å². The second-order valence-corrected chi connectivity index (χ2v) is 8.89. The van der Waals surface area contributed by atoms with E-state index in [9.17, 15) is 4.79 Å². The predicted molar refractivity (Wildman–Crippen MR) is 126 cm³/mol. The van der Waals surface area contributed by atoms with E-state index in [-0.39, 0.29) is 5.91 Å². The molecule has 1 fully saturated rings. The van der Waals surface area contributed by atoms with Crippen LogP contribution in [-0.2, 0) is 20.2 Å². The molecule has 0 spiro atoms. The number of benzene rings is 2. The van der Waals surface area contributed by atoms with E-state index in [1.54, 1.807) is 18.2 Å². The van der Waals surface area contributed by atoms with Crippen LogP contribution in [0.3, 0.4) is 0 Å². The zero-order valence-electron chi connectivity index (χ0n) is 18.2. The molecule has 6 nitrogen and oxygen atoms in total. The Bertz CT molecular complexity index is 1110. The van der Waals surface area contributed by atoms with Gasteiger partial charge >= 0.3 is 0 Å². The molecular formula is C24H26Cl2N4O2. The first-order chi connectivity index (χ1) is 15.4. The number of aryl methyl sites for hydroxylation is 2. The highest BCUT2D eigenvalue weighted by molar-refractivity contribution is 6.35. The van der Waals surface area contributed by atoms with Crippen molar-refractivity contribution in [3.63, 3.8) is 0 Å². The molecule has 0 aliphatic carbocycles. The third-order valence-electron chi connectivity index (χ3n) is 5.63. The van der Waals surface area contributed by atoms with Gasteiger partial charge in [0, 0.05) is 62.1 Å².